The lowest BCUT2D eigenvalue weighted by Gasteiger charge is -2.24. The summed E-state index contributed by atoms with van der Waals surface area (Å²) < 4.78 is 28.0. The number of sulfonamides is 1. The van der Waals surface area contributed by atoms with Crippen molar-refractivity contribution in [2.45, 2.75) is 38.1 Å². The Bertz CT molecular complexity index is 827. The van der Waals surface area contributed by atoms with Gasteiger partial charge >= 0.3 is 0 Å². The van der Waals surface area contributed by atoms with Crippen LogP contribution in [0.25, 0.3) is 0 Å². The lowest BCUT2D eigenvalue weighted by atomic mass is 9.89. The molecule has 1 saturated heterocycles. The van der Waals surface area contributed by atoms with E-state index in [2.05, 4.69) is 13.8 Å². The third kappa shape index (κ3) is 3.37. The van der Waals surface area contributed by atoms with Gasteiger partial charge in [0.25, 0.3) is 0 Å². The molecular formula is C19H22ClNO2S. The number of rotatable bonds is 3. The van der Waals surface area contributed by atoms with Gasteiger partial charge in [0.15, 0.2) is 0 Å². The highest BCUT2D eigenvalue weighted by molar-refractivity contribution is 7.89. The molecule has 1 aliphatic heterocycles. The number of hydrogen-bond acceptors (Lipinski definition) is 2. The third-order valence-electron chi connectivity index (χ3n) is 4.56. The molecule has 0 saturated carbocycles. The number of hydrogen-bond donors (Lipinski definition) is 0. The molecule has 0 aliphatic carbocycles. The minimum atomic E-state index is -3.53. The van der Waals surface area contributed by atoms with Crippen LogP contribution in [0.1, 0.15) is 37.4 Å². The molecule has 2 aromatic rings. The maximum atomic E-state index is 13.2. The van der Waals surface area contributed by atoms with Gasteiger partial charge in [0.2, 0.25) is 10.0 Å². The molecule has 1 aliphatic rings. The van der Waals surface area contributed by atoms with Gasteiger partial charge in [-0.25, -0.2) is 8.42 Å². The number of benzene rings is 2. The molecule has 0 bridgehead atoms. The Labute approximate surface area is 149 Å². The Balaban J connectivity index is 2.02. The van der Waals surface area contributed by atoms with Crippen LogP contribution in [-0.4, -0.2) is 19.3 Å². The van der Waals surface area contributed by atoms with Crippen LogP contribution in [0.3, 0.4) is 0 Å². The van der Waals surface area contributed by atoms with Gasteiger partial charge in [-0.15, -0.1) is 0 Å². The molecule has 0 aromatic heterocycles. The second kappa shape index (κ2) is 6.17. The van der Waals surface area contributed by atoms with E-state index in [0.29, 0.717) is 16.5 Å². The van der Waals surface area contributed by atoms with Crippen LogP contribution in [0, 0.1) is 12.3 Å². The van der Waals surface area contributed by atoms with Crippen molar-refractivity contribution < 1.29 is 8.42 Å². The van der Waals surface area contributed by atoms with Crippen LogP contribution < -0.4 is 0 Å². The molecule has 128 valence electrons. The highest BCUT2D eigenvalue weighted by Crippen LogP contribution is 2.45. The van der Waals surface area contributed by atoms with E-state index in [1.54, 1.807) is 16.4 Å². The molecule has 3 nitrogen and oxygen atoms in total. The SMILES string of the molecule is Cc1ccc(S(=O)(=O)N2CC(C)(C)CC2c2ccc(Cl)cc2)cc1. The normalized spacial score (nSPS) is 21.1. The first-order valence-corrected chi connectivity index (χ1v) is 9.85. The van der Waals surface area contributed by atoms with Gasteiger partial charge in [-0.1, -0.05) is 55.3 Å². The predicted octanol–water partition coefficient (Wildman–Crippen LogP) is 4.81. The van der Waals surface area contributed by atoms with E-state index < -0.39 is 10.0 Å². The highest BCUT2D eigenvalue weighted by atomic mass is 35.5. The fourth-order valence-electron chi connectivity index (χ4n) is 3.29. The third-order valence-corrected chi connectivity index (χ3v) is 6.68. The largest absolute Gasteiger partial charge is 0.243 e. The quantitative estimate of drug-likeness (QED) is 0.784. The number of halogens is 1. The summed E-state index contributed by atoms with van der Waals surface area (Å²) in [6.07, 6.45) is 0.791. The minimum Gasteiger partial charge on any atom is -0.207 e. The van der Waals surface area contributed by atoms with Gasteiger partial charge in [-0.2, -0.15) is 4.31 Å². The summed E-state index contributed by atoms with van der Waals surface area (Å²) in [5.74, 6) is 0. The van der Waals surface area contributed by atoms with Crippen molar-refractivity contribution in [2.24, 2.45) is 5.41 Å². The smallest absolute Gasteiger partial charge is 0.207 e. The summed E-state index contributed by atoms with van der Waals surface area (Å²) in [5.41, 5.74) is 1.97. The molecule has 1 fully saturated rings. The average Bonchev–Trinajstić information content (AvgIpc) is 2.85. The summed E-state index contributed by atoms with van der Waals surface area (Å²) in [6.45, 7) is 6.68. The number of nitrogens with zero attached hydrogens (tertiary/aromatic N) is 1. The van der Waals surface area contributed by atoms with Crippen LogP contribution in [0.15, 0.2) is 53.4 Å². The molecule has 3 rings (SSSR count). The zero-order chi connectivity index (χ0) is 17.5. The zero-order valence-corrected chi connectivity index (χ0v) is 15.7. The summed E-state index contributed by atoms with van der Waals surface area (Å²) in [6, 6.07) is 14.4. The second-order valence-electron chi connectivity index (χ2n) is 7.30. The molecule has 2 aromatic carbocycles. The average molecular weight is 364 g/mol. The van der Waals surface area contributed by atoms with Gasteiger partial charge in [-0.05, 0) is 48.6 Å². The van der Waals surface area contributed by atoms with Crippen molar-refractivity contribution in [3.8, 4) is 0 Å². The van der Waals surface area contributed by atoms with E-state index in [0.717, 1.165) is 17.5 Å². The van der Waals surface area contributed by atoms with Gasteiger partial charge < -0.3 is 0 Å². The van der Waals surface area contributed by atoms with Crippen LogP contribution in [0.2, 0.25) is 5.02 Å². The van der Waals surface area contributed by atoms with Crippen molar-refractivity contribution in [3.05, 3.63) is 64.7 Å². The first-order valence-electron chi connectivity index (χ1n) is 8.03. The molecule has 5 heteroatoms. The van der Waals surface area contributed by atoms with E-state index in [4.69, 9.17) is 11.6 Å². The first kappa shape index (κ1) is 17.5. The Morgan fingerprint density at radius 2 is 1.62 bits per heavy atom. The summed E-state index contributed by atoms with van der Waals surface area (Å²) in [7, 11) is -3.53. The zero-order valence-electron chi connectivity index (χ0n) is 14.2. The molecule has 1 heterocycles. The van der Waals surface area contributed by atoms with E-state index >= 15 is 0 Å². The van der Waals surface area contributed by atoms with Crippen molar-refractivity contribution in [2.75, 3.05) is 6.54 Å². The van der Waals surface area contributed by atoms with Gasteiger partial charge in [0.05, 0.1) is 10.9 Å². The monoisotopic (exact) mass is 363 g/mol. The molecule has 24 heavy (non-hydrogen) atoms. The fraction of sp³-hybridized carbons (Fsp3) is 0.368. The molecular weight excluding hydrogens is 342 g/mol. The summed E-state index contributed by atoms with van der Waals surface area (Å²) >= 11 is 5.98. The van der Waals surface area contributed by atoms with Crippen molar-refractivity contribution in [1.29, 1.82) is 0 Å². The van der Waals surface area contributed by atoms with E-state index in [1.165, 1.54) is 0 Å². The second-order valence-corrected chi connectivity index (χ2v) is 9.63. The number of aryl methyl sites for hydroxylation is 1. The van der Waals surface area contributed by atoms with Crippen LogP contribution in [0.5, 0.6) is 0 Å². The summed E-state index contributed by atoms with van der Waals surface area (Å²) in [5, 5.41) is 0.656. The molecule has 0 amide bonds. The van der Waals surface area contributed by atoms with Crippen molar-refractivity contribution >= 4 is 21.6 Å². The lowest BCUT2D eigenvalue weighted by molar-refractivity contribution is 0.368. The fourth-order valence-corrected chi connectivity index (χ4v) is 5.22. The maximum absolute atomic E-state index is 13.2. The van der Waals surface area contributed by atoms with Crippen LogP contribution in [-0.2, 0) is 10.0 Å². The summed E-state index contributed by atoms with van der Waals surface area (Å²) in [4.78, 5) is 0.352. The topological polar surface area (TPSA) is 37.4 Å². The van der Waals surface area contributed by atoms with E-state index in [9.17, 15) is 8.42 Å². The van der Waals surface area contributed by atoms with Crippen molar-refractivity contribution in [1.82, 2.24) is 4.31 Å². The van der Waals surface area contributed by atoms with Gasteiger partial charge in [-0.3, -0.25) is 0 Å². The van der Waals surface area contributed by atoms with E-state index in [-0.39, 0.29) is 11.5 Å². The first-order chi connectivity index (χ1) is 11.2. The Kier molecular flexibility index (Phi) is 4.49. The molecule has 0 radical (unpaired) electrons. The molecule has 0 N–H and O–H groups in total. The maximum Gasteiger partial charge on any atom is 0.243 e. The van der Waals surface area contributed by atoms with Gasteiger partial charge in [0.1, 0.15) is 0 Å². The standard InChI is InChI=1S/C19H22ClNO2S/c1-14-4-10-17(11-5-14)24(22,23)21-13-19(2,3)12-18(21)15-6-8-16(20)9-7-15/h4-11,18H,12-13H2,1-3H3. The Morgan fingerprint density at radius 1 is 1.04 bits per heavy atom. The predicted molar refractivity (Wildman–Crippen MR) is 97.7 cm³/mol. The molecule has 1 unspecified atom stereocenters. The Hall–Kier alpha value is -1.36. The Morgan fingerprint density at radius 3 is 2.21 bits per heavy atom. The molecule has 0 spiro atoms. The minimum absolute atomic E-state index is 0.0674. The van der Waals surface area contributed by atoms with Crippen molar-refractivity contribution in [3.63, 3.8) is 0 Å². The van der Waals surface area contributed by atoms with Crippen LogP contribution >= 0.6 is 11.6 Å². The highest BCUT2D eigenvalue weighted by Gasteiger charge is 2.44. The lowest BCUT2D eigenvalue weighted by Crippen LogP contribution is -2.32. The van der Waals surface area contributed by atoms with E-state index in [1.807, 2.05) is 43.3 Å². The van der Waals surface area contributed by atoms with Crippen LogP contribution in [0.4, 0.5) is 0 Å². The van der Waals surface area contributed by atoms with Gasteiger partial charge in [0, 0.05) is 11.6 Å². The molecule has 1 atom stereocenters.